The molecule has 172 valence electrons. The molecule has 0 aliphatic rings. The molecule has 1 aromatic carbocycles. The molecule has 9 nitrogen and oxygen atoms in total. The minimum atomic E-state index is -0.746. The minimum Gasteiger partial charge on any atom is -0.467 e. The van der Waals surface area contributed by atoms with Crippen molar-refractivity contribution in [2.24, 2.45) is 0 Å². The second-order valence-electron chi connectivity index (χ2n) is 7.71. The molecule has 0 saturated carbocycles. The average Bonchev–Trinajstić information content (AvgIpc) is 3.18. The average molecular weight is 516 g/mol. The maximum absolute atomic E-state index is 14.1. The number of anilines is 1. The summed E-state index contributed by atoms with van der Waals surface area (Å²) in [6.07, 6.45) is 0.682. The van der Waals surface area contributed by atoms with Crippen LogP contribution in [0.5, 0.6) is 5.88 Å². The minimum absolute atomic E-state index is 0.00432. The quantitative estimate of drug-likeness (QED) is 0.503. The Kier molecular flexibility index (Phi) is 7.28. The highest BCUT2D eigenvalue weighted by atomic mass is 79.9. The van der Waals surface area contributed by atoms with Gasteiger partial charge in [-0.25, -0.2) is 14.4 Å². The van der Waals surface area contributed by atoms with E-state index in [4.69, 9.17) is 10.5 Å². The van der Waals surface area contributed by atoms with Gasteiger partial charge >= 0.3 is 0 Å². The Morgan fingerprint density at radius 1 is 1.36 bits per heavy atom. The molecule has 33 heavy (non-hydrogen) atoms. The number of amides is 1. The maximum atomic E-state index is 14.1. The third kappa shape index (κ3) is 5.46. The van der Waals surface area contributed by atoms with E-state index in [1.54, 1.807) is 24.7 Å². The largest absolute Gasteiger partial charge is 0.467 e. The molecule has 0 aliphatic carbocycles. The smallest absolute Gasteiger partial charge is 0.258 e. The van der Waals surface area contributed by atoms with Gasteiger partial charge in [-0.05, 0) is 61.0 Å². The molecule has 0 aliphatic heterocycles. The molecule has 0 spiro atoms. The molecule has 2 heterocycles. The second-order valence-corrected chi connectivity index (χ2v) is 8.52. The van der Waals surface area contributed by atoms with Crippen LogP contribution in [0.25, 0.3) is 0 Å². The van der Waals surface area contributed by atoms with E-state index in [0.29, 0.717) is 21.6 Å². The summed E-state index contributed by atoms with van der Waals surface area (Å²) in [6.45, 7) is 5.67. The van der Waals surface area contributed by atoms with Crippen molar-refractivity contribution in [3.8, 4) is 11.9 Å². The molecule has 11 heteroatoms. The zero-order valence-electron chi connectivity index (χ0n) is 18.6. The molecule has 0 unspecified atom stereocenters. The fourth-order valence-corrected chi connectivity index (χ4v) is 3.53. The Hall–Kier alpha value is -3.52. The molecule has 3 rings (SSSR count). The zero-order chi connectivity index (χ0) is 24.3. The van der Waals surface area contributed by atoms with Gasteiger partial charge in [-0.2, -0.15) is 10.4 Å². The van der Waals surface area contributed by atoms with Gasteiger partial charge in [0.1, 0.15) is 28.3 Å². The van der Waals surface area contributed by atoms with Gasteiger partial charge in [-0.15, -0.1) is 0 Å². The molecule has 1 atom stereocenters. The molecule has 2 aromatic heterocycles. The number of nitriles is 1. The number of rotatable bonds is 7. The third-order valence-corrected chi connectivity index (χ3v) is 5.23. The van der Waals surface area contributed by atoms with Crippen molar-refractivity contribution in [1.82, 2.24) is 24.6 Å². The topological polar surface area (TPSA) is 123 Å². The summed E-state index contributed by atoms with van der Waals surface area (Å²) in [5.74, 6) is -0.731. The lowest BCUT2D eigenvalue weighted by Gasteiger charge is -2.21. The fraction of sp³-hybridized carbons (Fsp3) is 0.318. The van der Waals surface area contributed by atoms with Crippen molar-refractivity contribution < 1.29 is 13.9 Å². The second kappa shape index (κ2) is 9.95. The number of nitrogens with zero attached hydrogens (tertiary/aromatic N) is 6. The van der Waals surface area contributed by atoms with Gasteiger partial charge in [-0.1, -0.05) is 0 Å². The van der Waals surface area contributed by atoms with E-state index in [2.05, 4.69) is 37.1 Å². The Morgan fingerprint density at radius 2 is 2.09 bits per heavy atom. The lowest BCUT2D eigenvalue weighted by Crippen LogP contribution is -2.28. The Morgan fingerprint density at radius 3 is 2.73 bits per heavy atom. The van der Waals surface area contributed by atoms with Crippen LogP contribution < -0.4 is 10.5 Å². The first-order valence-electron chi connectivity index (χ1n) is 10.1. The van der Waals surface area contributed by atoms with Crippen molar-refractivity contribution in [3.05, 3.63) is 63.4 Å². The predicted molar refractivity (Wildman–Crippen MR) is 123 cm³/mol. The number of halogens is 2. The first-order chi connectivity index (χ1) is 15.6. The van der Waals surface area contributed by atoms with Crippen LogP contribution >= 0.6 is 15.9 Å². The van der Waals surface area contributed by atoms with Gasteiger partial charge in [-0.3, -0.25) is 9.48 Å². The van der Waals surface area contributed by atoms with Crippen molar-refractivity contribution in [1.29, 1.82) is 5.26 Å². The summed E-state index contributed by atoms with van der Waals surface area (Å²) in [4.78, 5) is 22.8. The van der Waals surface area contributed by atoms with E-state index >= 15 is 0 Å². The molecule has 0 bridgehead atoms. The molecule has 0 fully saturated rings. The number of carbonyl (C=O) groups is 1. The molecule has 0 saturated heterocycles. The summed E-state index contributed by atoms with van der Waals surface area (Å²) >= 11 is 3.21. The van der Waals surface area contributed by atoms with Gasteiger partial charge in [0.2, 0.25) is 0 Å². The molecular weight excluding hydrogens is 493 g/mol. The van der Waals surface area contributed by atoms with E-state index in [1.165, 1.54) is 29.3 Å². The van der Waals surface area contributed by atoms with Crippen LogP contribution in [0, 0.1) is 17.1 Å². The molecule has 3 aromatic rings. The number of hydrogen-bond donors (Lipinski definition) is 1. The highest BCUT2D eigenvalue weighted by Crippen LogP contribution is 2.28. The monoisotopic (exact) mass is 515 g/mol. The van der Waals surface area contributed by atoms with E-state index in [1.807, 2.05) is 13.8 Å². The number of hydrogen-bond acceptors (Lipinski definition) is 7. The number of ether oxygens (including phenoxy) is 1. The SMILES string of the molecule is CC(C)n1nc(CN(C)C(=O)c2ccc(F)cc2[C@@H](C)Oc2nc(Br)cnc2N)cc1C#N. The molecule has 0 radical (unpaired) electrons. The zero-order valence-corrected chi connectivity index (χ0v) is 20.2. The normalized spacial score (nSPS) is 11.8. The number of benzene rings is 1. The Labute approximate surface area is 199 Å². The van der Waals surface area contributed by atoms with Crippen LogP contribution in [0.4, 0.5) is 10.2 Å². The highest BCUT2D eigenvalue weighted by molar-refractivity contribution is 9.10. The summed E-state index contributed by atoms with van der Waals surface area (Å²) < 4.78 is 21.9. The van der Waals surface area contributed by atoms with Crippen LogP contribution in [0.2, 0.25) is 0 Å². The Bertz CT molecular complexity index is 1220. The van der Waals surface area contributed by atoms with Gasteiger partial charge < -0.3 is 15.4 Å². The van der Waals surface area contributed by atoms with E-state index in [-0.39, 0.29) is 35.8 Å². The first kappa shape index (κ1) is 24.1. The Balaban J connectivity index is 1.86. The van der Waals surface area contributed by atoms with Gasteiger partial charge in [0.25, 0.3) is 11.8 Å². The lowest BCUT2D eigenvalue weighted by atomic mass is 10.0. The van der Waals surface area contributed by atoms with E-state index in [0.717, 1.165) is 0 Å². The lowest BCUT2D eigenvalue weighted by molar-refractivity contribution is 0.0778. The number of nitrogens with two attached hydrogens (primary N) is 1. The van der Waals surface area contributed by atoms with Crippen molar-refractivity contribution in [2.75, 3.05) is 12.8 Å². The maximum Gasteiger partial charge on any atom is 0.258 e. The summed E-state index contributed by atoms with van der Waals surface area (Å²) in [5, 5.41) is 13.7. The van der Waals surface area contributed by atoms with Crippen molar-refractivity contribution in [2.45, 2.75) is 39.5 Å². The number of carbonyl (C=O) groups excluding carboxylic acids is 1. The summed E-state index contributed by atoms with van der Waals surface area (Å²) in [7, 11) is 1.61. The van der Waals surface area contributed by atoms with Crippen LogP contribution in [0.3, 0.4) is 0 Å². The number of aromatic nitrogens is 4. The molecule has 2 N–H and O–H groups in total. The van der Waals surface area contributed by atoms with Crippen LogP contribution in [-0.2, 0) is 6.54 Å². The first-order valence-corrected chi connectivity index (χ1v) is 10.9. The van der Waals surface area contributed by atoms with Crippen molar-refractivity contribution in [3.63, 3.8) is 0 Å². The van der Waals surface area contributed by atoms with Crippen LogP contribution in [0.15, 0.2) is 35.1 Å². The summed E-state index contributed by atoms with van der Waals surface area (Å²) in [6, 6.07) is 7.63. The molecular formula is C22H23BrFN7O2. The third-order valence-electron chi connectivity index (χ3n) is 4.84. The van der Waals surface area contributed by atoms with Crippen LogP contribution in [0.1, 0.15) is 60.2 Å². The summed E-state index contributed by atoms with van der Waals surface area (Å²) in [5.41, 5.74) is 7.40. The highest BCUT2D eigenvalue weighted by Gasteiger charge is 2.23. The standard InChI is InChI=1S/C22H23BrFN7O2/c1-12(2)31-16(9-25)8-15(29-31)11-30(4)22(32)17-6-5-14(24)7-18(17)13(3)33-21-20(26)27-10-19(23)28-21/h5-8,10,12-13H,11H2,1-4H3,(H2,26,27)/t13-/m1/s1. The van der Waals surface area contributed by atoms with Gasteiger partial charge in [0.05, 0.1) is 18.4 Å². The van der Waals surface area contributed by atoms with E-state index in [9.17, 15) is 14.4 Å². The number of nitrogen functional groups attached to an aromatic ring is 1. The fourth-order valence-electron chi connectivity index (χ4n) is 3.26. The molecule has 1 amide bonds. The predicted octanol–water partition coefficient (Wildman–Crippen LogP) is 4.02. The van der Waals surface area contributed by atoms with Crippen LogP contribution in [-0.4, -0.2) is 37.6 Å². The van der Waals surface area contributed by atoms with Gasteiger partial charge in [0.15, 0.2) is 5.82 Å². The van der Waals surface area contributed by atoms with Crippen molar-refractivity contribution >= 4 is 27.7 Å². The van der Waals surface area contributed by atoms with Gasteiger partial charge in [0, 0.05) is 24.2 Å². The van der Waals surface area contributed by atoms with E-state index < -0.39 is 11.9 Å².